The summed E-state index contributed by atoms with van der Waals surface area (Å²) in [5.41, 5.74) is 2.37. The Morgan fingerprint density at radius 2 is 2.28 bits per heavy atom. The lowest BCUT2D eigenvalue weighted by Crippen LogP contribution is -2.25. The van der Waals surface area contributed by atoms with Gasteiger partial charge in [0.2, 0.25) is 0 Å². The molecule has 0 saturated carbocycles. The van der Waals surface area contributed by atoms with Gasteiger partial charge in [0, 0.05) is 6.04 Å². The van der Waals surface area contributed by atoms with Crippen molar-refractivity contribution in [2.45, 2.75) is 45.3 Å². The van der Waals surface area contributed by atoms with Crippen LogP contribution >= 0.6 is 0 Å². The van der Waals surface area contributed by atoms with Gasteiger partial charge in [-0.05, 0) is 55.5 Å². The van der Waals surface area contributed by atoms with Crippen molar-refractivity contribution < 1.29 is 13.5 Å². The summed E-state index contributed by atoms with van der Waals surface area (Å²) in [6.07, 6.45) is 4.29. The molecule has 1 aromatic carbocycles. The summed E-state index contributed by atoms with van der Waals surface area (Å²) in [5, 5.41) is 3.46. The molecule has 1 aliphatic carbocycles. The summed E-state index contributed by atoms with van der Waals surface area (Å²) in [4.78, 5) is 0. The van der Waals surface area contributed by atoms with Crippen molar-refractivity contribution in [2.75, 3.05) is 6.54 Å². The maximum atomic E-state index is 12.2. The average molecular weight is 255 g/mol. The number of benzene rings is 1. The first-order chi connectivity index (χ1) is 8.70. The van der Waals surface area contributed by atoms with Crippen molar-refractivity contribution in [2.24, 2.45) is 0 Å². The third kappa shape index (κ3) is 3.19. The van der Waals surface area contributed by atoms with Crippen molar-refractivity contribution in [3.05, 3.63) is 29.3 Å². The molecule has 1 atom stereocenters. The number of fused-ring (bicyclic) bond motifs is 1. The van der Waals surface area contributed by atoms with Crippen molar-refractivity contribution in [1.82, 2.24) is 5.32 Å². The van der Waals surface area contributed by atoms with Gasteiger partial charge >= 0.3 is 6.61 Å². The second-order valence-corrected chi connectivity index (χ2v) is 4.64. The van der Waals surface area contributed by atoms with Crippen LogP contribution in [0.25, 0.3) is 0 Å². The Hall–Kier alpha value is -1.16. The number of ether oxygens (including phenoxy) is 1. The van der Waals surface area contributed by atoms with Crippen LogP contribution in [0.3, 0.4) is 0 Å². The lowest BCUT2D eigenvalue weighted by atomic mass is 9.87. The maximum absolute atomic E-state index is 12.2. The standard InChI is InChI=1S/C14H19F2NO/c1-2-8-17-13-5-3-4-10-6-7-11(9-12(10)13)18-14(15)16/h6-7,9,13-14,17H,2-5,8H2,1H3. The Labute approximate surface area is 106 Å². The quantitative estimate of drug-likeness (QED) is 0.866. The fraction of sp³-hybridized carbons (Fsp3) is 0.571. The minimum absolute atomic E-state index is 0.258. The second-order valence-electron chi connectivity index (χ2n) is 4.64. The SMILES string of the molecule is CCCNC1CCCc2ccc(OC(F)F)cc21. The molecule has 0 saturated heterocycles. The minimum Gasteiger partial charge on any atom is -0.435 e. The molecule has 0 amide bonds. The van der Waals surface area contributed by atoms with Crippen LogP contribution in [0.4, 0.5) is 8.78 Å². The van der Waals surface area contributed by atoms with Crippen LogP contribution in [0.15, 0.2) is 18.2 Å². The van der Waals surface area contributed by atoms with Crippen LogP contribution in [-0.4, -0.2) is 13.2 Å². The van der Waals surface area contributed by atoms with E-state index in [-0.39, 0.29) is 11.8 Å². The number of aryl methyl sites for hydroxylation is 1. The highest BCUT2D eigenvalue weighted by atomic mass is 19.3. The molecule has 100 valence electrons. The number of hydrogen-bond donors (Lipinski definition) is 1. The zero-order chi connectivity index (χ0) is 13.0. The number of halogens is 2. The predicted octanol–water partition coefficient (Wildman–Crippen LogP) is 3.67. The Morgan fingerprint density at radius 1 is 1.44 bits per heavy atom. The van der Waals surface area contributed by atoms with Gasteiger partial charge in [-0.2, -0.15) is 8.78 Å². The largest absolute Gasteiger partial charge is 0.435 e. The molecule has 0 heterocycles. The Kier molecular flexibility index (Phi) is 4.53. The first-order valence-corrected chi connectivity index (χ1v) is 6.51. The second kappa shape index (κ2) is 6.14. The van der Waals surface area contributed by atoms with E-state index in [4.69, 9.17) is 0 Å². The van der Waals surface area contributed by atoms with E-state index in [0.717, 1.165) is 37.8 Å². The lowest BCUT2D eigenvalue weighted by molar-refractivity contribution is -0.0499. The number of alkyl halides is 2. The summed E-state index contributed by atoms with van der Waals surface area (Å²) in [5.74, 6) is 0.258. The molecule has 0 aliphatic heterocycles. The van der Waals surface area contributed by atoms with Crippen molar-refractivity contribution in [1.29, 1.82) is 0 Å². The zero-order valence-electron chi connectivity index (χ0n) is 10.6. The number of rotatable bonds is 5. The summed E-state index contributed by atoms with van der Waals surface area (Å²) >= 11 is 0. The molecular formula is C14H19F2NO. The van der Waals surface area contributed by atoms with Gasteiger partial charge in [-0.3, -0.25) is 0 Å². The third-order valence-corrected chi connectivity index (χ3v) is 3.30. The minimum atomic E-state index is -2.76. The first kappa shape index (κ1) is 13.3. The number of hydrogen-bond acceptors (Lipinski definition) is 2. The monoisotopic (exact) mass is 255 g/mol. The Morgan fingerprint density at radius 3 is 3.00 bits per heavy atom. The molecule has 0 aromatic heterocycles. The van der Waals surface area contributed by atoms with E-state index in [1.807, 2.05) is 6.07 Å². The Bertz CT molecular complexity index is 395. The van der Waals surface area contributed by atoms with Crippen LogP contribution in [0.5, 0.6) is 5.75 Å². The van der Waals surface area contributed by atoms with Gasteiger partial charge in [-0.25, -0.2) is 0 Å². The summed E-state index contributed by atoms with van der Waals surface area (Å²) in [6.45, 7) is 0.311. The Balaban J connectivity index is 2.18. The van der Waals surface area contributed by atoms with E-state index in [0.29, 0.717) is 0 Å². The van der Waals surface area contributed by atoms with E-state index >= 15 is 0 Å². The van der Waals surface area contributed by atoms with E-state index < -0.39 is 6.61 Å². The van der Waals surface area contributed by atoms with Crippen molar-refractivity contribution in [3.63, 3.8) is 0 Å². The molecule has 1 unspecified atom stereocenters. The summed E-state index contributed by atoms with van der Waals surface area (Å²) < 4.78 is 28.9. The number of nitrogens with one attached hydrogen (secondary N) is 1. The van der Waals surface area contributed by atoms with Gasteiger partial charge < -0.3 is 10.1 Å². The molecule has 1 aliphatic rings. The molecule has 0 spiro atoms. The van der Waals surface area contributed by atoms with Crippen LogP contribution in [0.2, 0.25) is 0 Å². The molecule has 18 heavy (non-hydrogen) atoms. The van der Waals surface area contributed by atoms with Gasteiger partial charge in [0.05, 0.1) is 0 Å². The molecular weight excluding hydrogens is 236 g/mol. The van der Waals surface area contributed by atoms with Crippen LogP contribution < -0.4 is 10.1 Å². The summed E-state index contributed by atoms with van der Waals surface area (Å²) in [6, 6.07) is 5.57. The lowest BCUT2D eigenvalue weighted by Gasteiger charge is -2.27. The average Bonchev–Trinajstić information content (AvgIpc) is 2.35. The first-order valence-electron chi connectivity index (χ1n) is 6.51. The highest BCUT2D eigenvalue weighted by Crippen LogP contribution is 2.32. The van der Waals surface area contributed by atoms with Crippen LogP contribution in [0, 0.1) is 0 Å². The molecule has 1 aromatic rings. The van der Waals surface area contributed by atoms with Gasteiger partial charge in [0.15, 0.2) is 0 Å². The zero-order valence-corrected chi connectivity index (χ0v) is 10.6. The van der Waals surface area contributed by atoms with E-state index in [9.17, 15) is 8.78 Å². The van der Waals surface area contributed by atoms with Crippen molar-refractivity contribution in [3.8, 4) is 5.75 Å². The fourth-order valence-corrected chi connectivity index (χ4v) is 2.48. The molecule has 2 rings (SSSR count). The molecule has 0 fully saturated rings. The molecule has 4 heteroatoms. The van der Waals surface area contributed by atoms with Gasteiger partial charge in [0.1, 0.15) is 5.75 Å². The molecule has 2 nitrogen and oxygen atoms in total. The highest BCUT2D eigenvalue weighted by molar-refractivity contribution is 5.39. The third-order valence-electron chi connectivity index (χ3n) is 3.30. The van der Waals surface area contributed by atoms with Gasteiger partial charge in [-0.15, -0.1) is 0 Å². The molecule has 0 bridgehead atoms. The molecule has 1 N–H and O–H groups in total. The van der Waals surface area contributed by atoms with Crippen LogP contribution in [-0.2, 0) is 6.42 Å². The van der Waals surface area contributed by atoms with Crippen molar-refractivity contribution >= 4 is 0 Å². The predicted molar refractivity (Wildman–Crippen MR) is 67.0 cm³/mol. The van der Waals surface area contributed by atoms with E-state index in [1.165, 1.54) is 5.56 Å². The summed E-state index contributed by atoms with van der Waals surface area (Å²) in [7, 11) is 0. The van der Waals surface area contributed by atoms with E-state index in [2.05, 4.69) is 17.0 Å². The highest BCUT2D eigenvalue weighted by Gasteiger charge is 2.20. The van der Waals surface area contributed by atoms with Gasteiger partial charge in [-0.1, -0.05) is 13.0 Å². The smallest absolute Gasteiger partial charge is 0.387 e. The van der Waals surface area contributed by atoms with Crippen LogP contribution in [0.1, 0.15) is 43.4 Å². The normalized spacial score (nSPS) is 18.8. The fourth-order valence-electron chi connectivity index (χ4n) is 2.48. The maximum Gasteiger partial charge on any atom is 0.387 e. The van der Waals surface area contributed by atoms with E-state index in [1.54, 1.807) is 12.1 Å². The topological polar surface area (TPSA) is 21.3 Å². The van der Waals surface area contributed by atoms with Gasteiger partial charge in [0.25, 0.3) is 0 Å². The molecule has 0 radical (unpaired) electrons.